The molecule has 31 heavy (non-hydrogen) atoms. The molecule has 0 saturated heterocycles. The number of carbonyl (C=O) groups is 2. The molecular weight excluding hydrogens is 386 g/mol. The van der Waals surface area contributed by atoms with Crippen LogP contribution < -0.4 is 10.1 Å². The van der Waals surface area contributed by atoms with Crippen LogP contribution in [0.3, 0.4) is 0 Å². The van der Waals surface area contributed by atoms with E-state index in [2.05, 4.69) is 12.2 Å². The van der Waals surface area contributed by atoms with Crippen LogP contribution in [0.4, 0.5) is 0 Å². The van der Waals surface area contributed by atoms with E-state index in [1.165, 1.54) is 0 Å². The van der Waals surface area contributed by atoms with Gasteiger partial charge in [0, 0.05) is 24.8 Å². The molecule has 1 heterocycles. The lowest BCUT2D eigenvalue weighted by molar-refractivity contribution is -0.123. The zero-order chi connectivity index (χ0) is 22.4. The molecule has 0 unspecified atom stereocenters. The first-order valence-corrected chi connectivity index (χ1v) is 11.2. The molecule has 0 radical (unpaired) electrons. The molecule has 1 atom stereocenters. The number of unbranched alkanes of at least 4 members (excludes halogenated alkanes) is 1. The molecule has 1 amide bonds. The normalized spacial score (nSPS) is 18.6. The van der Waals surface area contributed by atoms with E-state index in [0.717, 1.165) is 40.9 Å². The van der Waals surface area contributed by atoms with E-state index < -0.39 is 5.54 Å². The van der Waals surface area contributed by atoms with Gasteiger partial charge in [-0.05, 0) is 49.1 Å². The van der Waals surface area contributed by atoms with Crippen molar-refractivity contribution in [1.29, 1.82) is 0 Å². The molecule has 164 valence electrons. The van der Waals surface area contributed by atoms with Gasteiger partial charge in [0.25, 0.3) is 0 Å². The van der Waals surface area contributed by atoms with Gasteiger partial charge in [-0.1, -0.05) is 62.2 Å². The van der Waals surface area contributed by atoms with Crippen molar-refractivity contribution in [2.75, 3.05) is 6.61 Å². The number of nitrogens with one attached hydrogen (secondary N) is 1. The van der Waals surface area contributed by atoms with Crippen LogP contribution in [0.15, 0.2) is 54.1 Å². The van der Waals surface area contributed by atoms with Crippen LogP contribution in [0.1, 0.15) is 69.6 Å². The van der Waals surface area contributed by atoms with Crippen molar-refractivity contribution in [1.82, 2.24) is 5.32 Å². The number of rotatable bonds is 9. The maximum atomic E-state index is 13.2. The maximum Gasteiger partial charge on any atom is 0.248 e. The quantitative estimate of drug-likeness (QED) is 0.528. The van der Waals surface area contributed by atoms with Gasteiger partial charge in [-0.15, -0.1) is 0 Å². The van der Waals surface area contributed by atoms with E-state index in [9.17, 15) is 9.59 Å². The Kier molecular flexibility index (Phi) is 7.32. The van der Waals surface area contributed by atoms with Crippen LogP contribution in [0.2, 0.25) is 0 Å². The minimum Gasteiger partial charge on any atom is -0.494 e. The number of aryl methyl sites for hydroxylation is 1. The van der Waals surface area contributed by atoms with Crippen LogP contribution in [-0.4, -0.2) is 18.3 Å². The molecule has 0 aliphatic carbocycles. The summed E-state index contributed by atoms with van der Waals surface area (Å²) in [6.45, 7) is 8.77. The van der Waals surface area contributed by atoms with Gasteiger partial charge in [-0.2, -0.15) is 0 Å². The molecule has 0 saturated carbocycles. The van der Waals surface area contributed by atoms with Gasteiger partial charge < -0.3 is 10.1 Å². The fraction of sp³-hybridized carbons (Fsp3) is 0.407. The van der Waals surface area contributed by atoms with Crippen molar-refractivity contribution >= 4 is 17.3 Å². The first-order chi connectivity index (χ1) is 14.9. The highest BCUT2D eigenvalue weighted by atomic mass is 16.5. The average molecular weight is 420 g/mol. The summed E-state index contributed by atoms with van der Waals surface area (Å²) in [5, 5.41) is 3.18. The standard InChI is InChI=1S/C27H33NO3/c1-5-7-16-31-23-14-12-21(13-15-23)27(4)18-25(20-10-8-19(3)9-11-20)24(26(30)28-27)17-22(29)6-2/h8-15H,5-7,16-18H2,1-4H3,(H,28,30)/t27-/m0/s1. The predicted octanol–water partition coefficient (Wildman–Crippen LogP) is 5.73. The second-order valence-electron chi connectivity index (χ2n) is 8.58. The van der Waals surface area contributed by atoms with Crippen molar-refractivity contribution in [3.05, 3.63) is 70.8 Å². The summed E-state index contributed by atoms with van der Waals surface area (Å²) < 4.78 is 5.78. The van der Waals surface area contributed by atoms with Crippen molar-refractivity contribution in [3.8, 4) is 5.75 Å². The number of hydrogen-bond acceptors (Lipinski definition) is 3. The average Bonchev–Trinajstić information content (AvgIpc) is 2.76. The first kappa shape index (κ1) is 22.8. The molecule has 4 heteroatoms. The number of Topliss-reactive ketones (excluding diaryl/α,β-unsaturated/α-hetero) is 1. The third-order valence-corrected chi connectivity index (χ3v) is 5.98. The summed E-state index contributed by atoms with van der Waals surface area (Å²) in [5.74, 6) is 0.757. The van der Waals surface area contributed by atoms with Crippen LogP contribution in [0.5, 0.6) is 5.75 Å². The van der Waals surface area contributed by atoms with Crippen LogP contribution >= 0.6 is 0 Å². The third kappa shape index (κ3) is 5.43. The second-order valence-corrected chi connectivity index (χ2v) is 8.58. The van der Waals surface area contributed by atoms with Gasteiger partial charge in [0.05, 0.1) is 12.1 Å². The Bertz CT molecular complexity index is 957. The lowest BCUT2D eigenvalue weighted by Crippen LogP contribution is -2.48. The zero-order valence-electron chi connectivity index (χ0n) is 19.1. The lowest BCUT2D eigenvalue weighted by atomic mass is 9.77. The number of ketones is 1. The minimum absolute atomic E-state index is 0.0759. The molecule has 1 aliphatic rings. The smallest absolute Gasteiger partial charge is 0.248 e. The van der Waals surface area contributed by atoms with Crippen molar-refractivity contribution in [2.45, 2.75) is 65.3 Å². The number of hydrogen-bond donors (Lipinski definition) is 1. The molecule has 0 bridgehead atoms. The Morgan fingerprint density at radius 2 is 1.74 bits per heavy atom. The number of carbonyl (C=O) groups excluding carboxylic acids is 2. The predicted molar refractivity (Wildman–Crippen MR) is 125 cm³/mol. The van der Waals surface area contributed by atoms with Crippen molar-refractivity contribution < 1.29 is 14.3 Å². The van der Waals surface area contributed by atoms with Crippen LogP contribution in [-0.2, 0) is 15.1 Å². The highest BCUT2D eigenvalue weighted by Crippen LogP contribution is 2.40. The van der Waals surface area contributed by atoms with Gasteiger partial charge in [0.15, 0.2) is 0 Å². The molecule has 0 aromatic heterocycles. The van der Waals surface area contributed by atoms with Gasteiger partial charge >= 0.3 is 0 Å². The van der Waals surface area contributed by atoms with E-state index in [1.54, 1.807) is 0 Å². The summed E-state index contributed by atoms with van der Waals surface area (Å²) >= 11 is 0. The molecule has 0 fully saturated rings. The maximum absolute atomic E-state index is 13.2. The number of ether oxygens (including phenoxy) is 1. The molecule has 0 spiro atoms. The minimum atomic E-state index is -0.558. The van der Waals surface area contributed by atoms with Crippen LogP contribution in [0, 0.1) is 6.92 Å². The van der Waals surface area contributed by atoms with Crippen molar-refractivity contribution in [2.24, 2.45) is 0 Å². The summed E-state index contributed by atoms with van der Waals surface area (Å²) in [5.41, 5.74) is 4.18. The molecule has 2 aromatic carbocycles. The molecule has 3 rings (SSSR count). The Balaban J connectivity index is 1.94. The third-order valence-electron chi connectivity index (χ3n) is 5.98. The van der Waals surface area contributed by atoms with E-state index in [1.807, 2.05) is 69.3 Å². The van der Waals surface area contributed by atoms with E-state index >= 15 is 0 Å². The topological polar surface area (TPSA) is 55.4 Å². The highest BCUT2D eigenvalue weighted by Gasteiger charge is 2.37. The SMILES string of the molecule is CCCCOc1ccc([C@]2(C)CC(c3ccc(C)cc3)=C(CC(=O)CC)C(=O)N2)cc1. The monoisotopic (exact) mass is 419 g/mol. The lowest BCUT2D eigenvalue weighted by Gasteiger charge is -2.38. The van der Waals surface area contributed by atoms with E-state index in [0.29, 0.717) is 25.0 Å². The van der Waals surface area contributed by atoms with E-state index in [-0.39, 0.29) is 18.1 Å². The summed E-state index contributed by atoms with van der Waals surface area (Å²) in [4.78, 5) is 25.4. The van der Waals surface area contributed by atoms with E-state index in [4.69, 9.17) is 4.74 Å². The van der Waals surface area contributed by atoms with Gasteiger partial charge in [0.1, 0.15) is 11.5 Å². The zero-order valence-corrected chi connectivity index (χ0v) is 19.1. The van der Waals surface area contributed by atoms with Gasteiger partial charge in [-0.3, -0.25) is 9.59 Å². The summed E-state index contributed by atoms with van der Waals surface area (Å²) in [7, 11) is 0. The Labute approximate surface area is 185 Å². The Hall–Kier alpha value is -2.88. The second kappa shape index (κ2) is 9.95. The molecule has 4 nitrogen and oxygen atoms in total. The molecule has 1 N–H and O–H groups in total. The summed E-state index contributed by atoms with van der Waals surface area (Å²) in [6.07, 6.45) is 3.35. The fourth-order valence-corrected chi connectivity index (χ4v) is 3.94. The number of benzene rings is 2. The van der Waals surface area contributed by atoms with Gasteiger partial charge in [-0.25, -0.2) is 0 Å². The largest absolute Gasteiger partial charge is 0.494 e. The number of amides is 1. The summed E-state index contributed by atoms with van der Waals surface area (Å²) in [6, 6.07) is 16.2. The Morgan fingerprint density at radius 3 is 2.35 bits per heavy atom. The molecule has 1 aliphatic heterocycles. The van der Waals surface area contributed by atoms with Crippen molar-refractivity contribution in [3.63, 3.8) is 0 Å². The fourth-order valence-electron chi connectivity index (χ4n) is 3.94. The van der Waals surface area contributed by atoms with Crippen LogP contribution in [0.25, 0.3) is 5.57 Å². The van der Waals surface area contributed by atoms with Gasteiger partial charge in [0.2, 0.25) is 5.91 Å². The molecule has 2 aromatic rings. The highest BCUT2D eigenvalue weighted by molar-refractivity contribution is 6.07. The Morgan fingerprint density at radius 1 is 1.06 bits per heavy atom. The first-order valence-electron chi connectivity index (χ1n) is 11.2. The molecular formula is C27H33NO3.